The highest BCUT2D eigenvalue weighted by molar-refractivity contribution is 5.93. The number of nitrogens with one attached hydrogen (secondary N) is 1. The van der Waals surface area contributed by atoms with E-state index in [-0.39, 0.29) is 23.5 Å². The smallest absolute Gasteiger partial charge is 0.273 e. The van der Waals surface area contributed by atoms with Crippen molar-refractivity contribution in [1.82, 2.24) is 10.3 Å². The fraction of sp³-hybridized carbons (Fsp3) is 0.733. The van der Waals surface area contributed by atoms with E-state index in [2.05, 4.69) is 10.3 Å². The Morgan fingerprint density at radius 2 is 2.29 bits per heavy atom. The fourth-order valence-electron chi connectivity index (χ4n) is 3.56. The quantitative estimate of drug-likeness (QED) is 0.914. The van der Waals surface area contributed by atoms with Gasteiger partial charge in [0.2, 0.25) is 0 Å². The van der Waals surface area contributed by atoms with Crippen LogP contribution in [0.2, 0.25) is 0 Å². The Hall–Kier alpha value is -1.40. The fourth-order valence-corrected chi connectivity index (χ4v) is 3.56. The molecule has 2 atom stereocenters. The zero-order chi connectivity index (χ0) is 14.9. The van der Waals surface area contributed by atoms with Crippen LogP contribution in [0.25, 0.3) is 0 Å². The molecule has 2 heterocycles. The Bertz CT molecular complexity index is 508. The Morgan fingerprint density at radius 1 is 1.52 bits per heavy atom. The van der Waals surface area contributed by atoms with Crippen LogP contribution in [-0.2, 0) is 9.47 Å². The Kier molecular flexibility index (Phi) is 3.99. The Balaban J connectivity index is 1.70. The van der Waals surface area contributed by atoms with E-state index >= 15 is 0 Å². The molecule has 0 radical (unpaired) electrons. The first-order valence-electron chi connectivity index (χ1n) is 7.57. The van der Waals surface area contributed by atoms with Crippen molar-refractivity contribution in [2.75, 3.05) is 19.8 Å². The number of ether oxygens (including phenoxy) is 2. The average molecular weight is 294 g/mol. The molecule has 1 amide bonds. The van der Waals surface area contributed by atoms with Crippen molar-refractivity contribution in [2.45, 2.75) is 45.3 Å². The van der Waals surface area contributed by atoms with Gasteiger partial charge in [-0.05, 0) is 33.1 Å². The normalized spacial score (nSPS) is 27.3. The molecule has 1 saturated heterocycles. The minimum Gasteiger partial charge on any atom is -0.448 e. The molecule has 6 nitrogen and oxygen atoms in total. The zero-order valence-electron chi connectivity index (χ0n) is 12.6. The zero-order valence-corrected chi connectivity index (χ0v) is 12.6. The summed E-state index contributed by atoms with van der Waals surface area (Å²) >= 11 is 0. The summed E-state index contributed by atoms with van der Waals surface area (Å²) in [5.41, 5.74) is 0.388. The molecule has 0 bridgehead atoms. The number of aromatic nitrogens is 1. The standard InChI is InChI=1S/C15H22N2O4/c1-3-20-12-8-11(15(12)4-6-19-7-5-15)17-14(18)13-10(2)21-9-16-13/h9,11-12H,3-8H2,1-2H3,(H,17,18)/t11-,12-/m1/s1. The van der Waals surface area contributed by atoms with E-state index in [0.29, 0.717) is 18.1 Å². The summed E-state index contributed by atoms with van der Waals surface area (Å²) in [6.07, 6.45) is 4.24. The summed E-state index contributed by atoms with van der Waals surface area (Å²) in [5, 5.41) is 3.11. The highest BCUT2D eigenvalue weighted by Crippen LogP contribution is 2.50. The first-order chi connectivity index (χ1) is 10.2. The minimum absolute atomic E-state index is 0.0154. The predicted octanol–water partition coefficient (Wildman–Crippen LogP) is 1.69. The molecular formula is C15H22N2O4. The third kappa shape index (κ3) is 2.46. The average Bonchev–Trinajstić information content (AvgIpc) is 2.93. The number of aryl methyl sites for hydroxylation is 1. The lowest BCUT2D eigenvalue weighted by Gasteiger charge is -2.57. The third-order valence-electron chi connectivity index (χ3n) is 4.84. The highest BCUT2D eigenvalue weighted by Gasteiger charge is 2.56. The van der Waals surface area contributed by atoms with Gasteiger partial charge in [-0.1, -0.05) is 0 Å². The van der Waals surface area contributed by atoms with E-state index in [9.17, 15) is 4.79 Å². The number of rotatable bonds is 4. The lowest BCUT2D eigenvalue weighted by Crippen LogP contribution is -2.66. The van der Waals surface area contributed by atoms with Gasteiger partial charge < -0.3 is 19.2 Å². The number of carbonyl (C=O) groups is 1. The largest absolute Gasteiger partial charge is 0.448 e. The van der Waals surface area contributed by atoms with E-state index in [1.54, 1.807) is 6.92 Å². The van der Waals surface area contributed by atoms with E-state index in [1.807, 2.05) is 6.92 Å². The molecule has 1 N–H and O–H groups in total. The van der Waals surface area contributed by atoms with Crippen LogP contribution in [-0.4, -0.2) is 42.9 Å². The van der Waals surface area contributed by atoms with Crippen LogP contribution in [0.4, 0.5) is 0 Å². The molecule has 2 fully saturated rings. The molecule has 0 unspecified atom stereocenters. The van der Waals surface area contributed by atoms with Gasteiger partial charge in [0.25, 0.3) is 5.91 Å². The van der Waals surface area contributed by atoms with Gasteiger partial charge in [-0.25, -0.2) is 4.98 Å². The van der Waals surface area contributed by atoms with Gasteiger partial charge in [0.1, 0.15) is 5.76 Å². The molecule has 1 aliphatic carbocycles. The number of nitrogens with zero attached hydrogens (tertiary/aromatic N) is 1. The van der Waals surface area contributed by atoms with Crippen LogP contribution >= 0.6 is 0 Å². The van der Waals surface area contributed by atoms with Gasteiger partial charge in [-0.3, -0.25) is 4.79 Å². The van der Waals surface area contributed by atoms with E-state index in [4.69, 9.17) is 13.9 Å². The van der Waals surface area contributed by atoms with E-state index in [0.717, 1.165) is 32.5 Å². The number of oxazole rings is 1. The Labute approximate surface area is 124 Å². The highest BCUT2D eigenvalue weighted by atomic mass is 16.5. The van der Waals surface area contributed by atoms with Crippen LogP contribution in [0.15, 0.2) is 10.8 Å². The number of carbonyl (C=O) groups excluding carboxylic acids is 1. The van der Waals surface area contributed by atoms with Gasteiger partial charge in [-0.2, -0.15) is 0 Å². The molecular weight excluding hydrogens is 272 g/mol. The van der Waals surface area contributed by atoms with Crippen molar-refractivity contribution in [1.29, 1.82) is 0 Å². The Morgan fingerprint density at radius 3 is 2.90 bits per heavy atom. The molecule has 3 rings (SSSR count). The summed E-state index contributed by atoms with van der Waals surface area (Å²) in [7, 11) is 0. The van der Waals surface area contributed by atoms with Crippen molar-refractivity contribution in [3.8, 4) is 0 Å². The summed E-state index contributed by atoms with van der Waals surface area (Å²) in [4.78, 5) is 16.3. The summed E-state index contributed by atoms with van der Waals surface area (Å²) in [6.45, 7) is 5.93. The summed E-state index contributed by atoms with van der Waals surface area (Å²) in [6, 6.07) is 0.126. The lowest BCUT2D eigenvalue weighted by atomic mass is 9.57. The van der Waals surface area contributed by atoms with Crippen molar-refractivity contribution in [3.63, 3.8) is 0 Å². The van der Waals surface area contributed by atoms with Gasteiger partial charge in [0.05, 0.1) is 6.10 Å². The van der Waals surface area contributed by atoms with Gasteiger partial charge in [-0.15, -0.1) is 0 Å². The van der Waals surface area contributed by atoms with Gasteiger partial charge in [0.15, 0.2) is 12.1 Å². The topological polar surface area (TPSA) is 73.6 Å². The van der Waals surface area contributed by atoms with Crippen molar-refractivity contribution in [3.05, 3.63) is 17.8 Å². The van der Waals surface area contributed by atoms with Crippen LogP contribution < -0.4 is 5.32 Å². The second-order valence-electron chi connectivity index (χ2n) is 5.81. The molecule has 21 heavy (non-hydrogen) atoms. The maximum Gasteiger partial charge on any atom is 0.273 e. The molecule has 1 aromatic rings. The maximum absolute atomic E-state index is 12.3. The lowest BCUT2D eigenvalue weighted by molar-refractivity contribution is -0.170. The van der Waals surface area contributed by atoms with Gasteiger partial charge in [0, 0.05) is 31.3 Å². The number of hydrogen-bond donors (Lipinski definition) is 1. The van der Waals surface area contributed by atoms with Crippen molar-refractivity contribution < 1.29 is 18.7 Å². The first kappa shape index (κ1) is 14.5. The molecule has 116 valence electrons. The minimum atomic E-state index is -0.160. The van der Waals surface area contributed by atoms with Crippen molar-refractivity contribution in [2.24, 2.45) is 5.41 Å². The van der Waals surface area contributed by atoms with E-state index < -0.39 is 0 Å². The molecule has 1 aromatic heterocycles. The maximum atomic E-state index is 12.3. The SMILES string of the molecule is CCO[C@@H]1C[C@@H](NC(=O)c2ncoc2C)C12CCOCC2. The molecule has 6 heteroatoms. The van der Waals surface area contributed by atoms with Crippen molar-refractivity contribution >= 4 is 5.91 Å². The second-order valence-corrected chi connectivity index (χ2v) is 5.81. The first-order valence-corrected chi connectivity index (χ1v) is 7.57. The van der Waals surface area contributed by atoms with Crippen LogP contribution in [0.5, 0.6) is 0 Å². The molecule has 2 aliphatic rings. The van der Waals surface area contributed by atoms with E-state index in [1.165, 1.54) is 6.39 Å². The van der Waals surface area contributed by atoms with Crippen LogP contribution in [0.3, 0.4) is 0 Å². The number of hydrogen-bond acceptors (Lipinski definition) is 5. The monoisotopic (exact) mass is 294 g/mol. The molecule has 1 spiro atoms. The molecule has 1 saturated carbocycles. The van der Waals surface area contributed by atoms with Crippen LogP contribution in [0.1, 0.15) is 42.4 Å². The van der Waals surface area contributed by atoms with Crippen LogP contribution in [0, 0.1) is 12.3 Å². The molecule has 1 aliphatic heterocycles. The third-order valence-corrected chi connectivity index (χ3v) is 4.84. The summed E-state index contributed by atoms with van der Waals surface area (Å²) in [5.74, 6) is 0.390. The predicted molar refractivity (Wildman–Crippen MR) is 75.0 cm³/mol. The number of amides is 1. The van der Waals surface area contributed by atoms with Gasteiger partial charge >= 0.3 is 0 Å². The molecule has 0 aromatic carbocycles. The second kappa shape index (κ2) is 5.77. The summed E-state index contributed by atoms with van der Waals surface area (Å²) < 4.78 is 16.4.